The molecule has 0 aromatic carbocycles. The lowest BCUT2D eigenvalue weighted by atomic mass is 10.1. The third-order valence-electron chi connectivity index (χ3n) is 2.82. The van der Waals surface area contributed by atoms with Crippen molar-refractivity contribution in [1.29, 1.82) is 0 Å². The average Bonchev–Trinajstić information content (AvgIpc) is 2.52. The smallest absolute Gasteiger partial charge is 0.333 e. The molecule has 0 aromatic heterocycles. The largest absolute Gasteiger partial charge is 0.370 e. The van der Waals surface area contributed by atoms with Gasteiger partial charge in [-0.05, 0) is 18.8 Å². The molecule has 0 aromatic rings. The molecule has 0 fully saturated rings. The van der Waals surface area contributed by atoms with Crippen molar-refractivity contribution in [2.45, 2.75) is 32.7 Å². The van der Waals surface area contributed by atoms with Gasteiger partial charge in [0.25, 0.3) is 0 Å². The normalized spacial score (nSPS) is 11.2. The summed E-state index contributed by atoms with van der Waals surface area (Å²) in [6.07, 6.45) is 1.14. The van der Waals surface area contributed by atoms with E-state index >= 15 is 0 Å². The molecule has 0 aliphatic heterocycles. The summed E-state index contributed by atoms with van der Waals surface area (Å²) < 4.78 is 0. The first-order valence-corrected chi connectivity index (χ1v) is 7.89. The van der Waals surface area contributed by atoms with Crippen LogP contribution < -0.4 is 44.0 Å². The lowest BCUT2D eigenvalue weighted by molar-refractivity contribution is 0.224. The van der Waals surface area contributed by atoms with Gasteiger partial charge in [0.15, 0.2) is 5.96 Å². The Morgan fingerprint density at radius 3 is 2.16 bits per heavy atom. The molecule has 25 heavy (non-hydrogen) atoms. The zero-order chi connectivity index (χ0) is 19.2. The monoisotopic (exact) mass is 359 g/mol. The third kappa shape index (κ3) is 14.4. The SMILES string of the molecule is CC(C)CNC(=O)NC(CCCN=C(N)N)CNC(=O)NNC(N)=O. The number of nitrogens with one attached hydrogen (secondary N) is 5. The molecule has 0 saturated heterocycles. The van der Waals surface area contributed by atoms with Crippen LogP contribution in [0.5, 0.6) is 0 Å². The highest BCUT2D eigenvalue weighted by atomic mass is 16.2. The Balaban J connectivity index is 4.40. The number of nitrogens with two attached hydrogens (primary N) is 3. The minimum absolute atomic E-state index is 0.00536. The van der Waals surface area contributed by atoms with Gasteiger partial charge in [-0.25, -0.2) is 25.2 Å². The maximum Gasteiger partial charge on any atom is 0.333 e. The van der Waals surface area contributed by atoms with E-state index in [2.05, 4.69) is 26.4 Å². The van der Waals surface area contributed by atoms with Gasteiger partial charge in [0.2, 0.25) is 0 Å². The first-order valence-electron chi connectivity index (χ1n) is 7.89. The minimum Gasteiger partial charge on any atom is -0.370 e. The molecule has 0 aliphatic carbocycles. The second-order valence-electron chi connectivity index (χ2n) is 5.72. The summed E-state index contributed by atoms with van der Waals surface area (Å²) in [6, 6.07) is -2.23. The molecule has 6 amide bonds. The van der Waals surface area contributed by atoms with E-state index in [0.717, 1.165) is 0 Å². The number of aliphatic imine (C=N–C) groups is 1. The zero-order valence-corrected chi connectivity index (χ0v) is 14.6. The number of amides is 6. The number of guanidine groups is 1. The molecule has 12 heteroatoms. The van der Waals surface area contributed by atoms with Crippen LogP contribution in [-0.2, 0) is 0 Å². The summed E-state index contributed by atoms with van der Waals surface area (Å²) in [5.74, 6) is 0.309. The van der Waals surface area contributed by atoms with E-state index in [1.165, 1.54) is 0 Å². The summed E-state index contributed by atoms with van der Waals surface area (Å²) in [4.78, 5) is 37.7. The minimum atomic E-state index is -0.893. The summed E-state index contributed by atoms with van der Waals surface area (Å²) in [5.41, 5.74) is 19.3. The van der Waals surface area contributed by atoms with Crippen LogP contribution in [0, 0.1) is 5.92 Å². The highest BCUT2D eigenvalue weighted by Crippen LogP contribution is 1.98. The zero-order valence-electron chi connectivity index (χ0n) is 14.6. The quantitative estimate of drug-likeness (QED) is 0.104. The average molecular weight is 359 g/mol. The van der Waals surface area contributed by atoms with Crippen LogP contribution in [0.25, 0.3) is 0 Å². The number of rotatable bonds is 9. The van der Waals surface area contributed by atoms with Gasteiger partial charge >= 0.3 is 18.1 Å². The van der Waals surface area contributed by atoms with Gasteiger partial charge in [0.05, 0.1) is 0 Å². The van der Waals surface area contributed by atoms with Crippen molar-refractivity contribution in [2.75, 3.05) is 19.6 Å². The number of nitrogens with zero attached hydrogens (tertiary/aromatic N) is 1. The molecule has 12 nitrogen and oxygen atoms in total. The van der Waals surface area contributed by atoms with Gasteiger partial charge in [0, 0.05) is 25.7 Å². The Morgan fingerprint density at radius 1 is 0.960 bits per heavy atom. The van der Waals surface area contributed by atoms with Crippen molar-refractivity contribution in [3.63, 3.8) is 0 Å². The van der Waals surface area contributed by atoms with E-state index in [-0.39, 0.29) is 24.6 Å². The topological polar surface area (TPSA) is 202 Å². The van der Waals surface area contributed by atoms with Crippen LogP contribution in [-0.4, -0.2) is 49.7 Å². The van der Waals surface area contributed by atoms with Crippen LogP contribution >= 0.6 is 0 Å². The van der Waals surface area contributed by atoms with Gasteiger partial charge in [-0.15, -0.1) is 0 Å². The molecule has 144 valence electrons. The molecule has 0 aliphatic rings. The molecule has 0 spiro atoms. The van der Waals surface area contributed by atoms with Crippen molar-refractivity contribution in [1.82, 2.24) is 26.8 Å². The molecule has 11 N–H and O–H groups in total. The van der Waals surface area contributed by atoms with Crippen molar-refractivity contribution < 1.29 is 14.4 Å². The summed E-state index contributed by atoms with van der Waals surface area (Å²) in [6.45, 7) is 5.03. The lowest BCUT2D eigenvalue weighted by Gasteiger charge is -2.20. The first-order chi connectivity index (χ1) is 11.7. The number of hydrogen-bond donors (Lipinski definition) is 8. The first kappa shape index (κ1) is 22.1. The molecule has 1 atom stereocenters. The van der Waals surface area contributed by atoms with E-state index in [0.29, 0.717) is 31.8 Å². The highest BCUT2D eigenvalue weighted by Gasteiger charge is 2.13. The number of carbonyl (C=O) groups excluding carboxylic acids is 3. The Kier molecular flexibility index (Phi) is 11.0. The fraction of sp³-hybridized carbons (Fsp3) is 0.692. The van der Waals surface area contributed by atoms with Crippen LogP contribution in [0.15, 0.2) is 4.99 Å². The van der Waals surface area contributed by atoms with Crippen LogP contribution in [0.1, 0.15) is 26.7 Å². The molecule has 1 unspecified atom stereocenters. The molecular weight excluding hydrogens is 330 g/mol. The standard InChI is InChI=1S/C13H29N9O3/c1-8(2)6-18-12(24)20-9(4-3-5-17-10(14)15)7-19-13(25)22-21-11(16)23/h8-9H,3-7H2,1-2H3,(H4,14,15,17)(H3,16,21,23)(H2,18,20,24)(H2,19,22,25). The predicted octanol–water partition coefficient (Wildman–Crippen LogP) is -1.75. The summed E-state index contributed by atoms with van der Waals surface area (Å²) >= 11 is 0. The van der Waals surface area contributed by atoms with E-state index in [9.17, 15) is 14.4 Å². The predicted molar refractivity (Wildman–Crippen MR) is 94.3 cm³/mol. The Morgan fingerprint density at radius 2 is 1.60 bits per heavy atom. The maximum absolute atomic E-state index is 11.9. The van der Waals surface area contributed by atoms with E-state index in [4.69, 9.17) is 17.2 Å². The number of hydrogen-bond acceptors (Lipinski definition) is 4. The maximum atomic E-state index is 11.9. The van der Waals surface area contributed by atoms with Crippen LogP contribution in [0.4, 0.5) is 14.4 Å². The Labute approximate surface area is 146 Å². The fourth-order valence-corrected chi connectivity index (χ4v) is 1.68. The van der Waals surface area contributed by atoms with Crippen molar-refractivity contribution in [3.05, 3.63) is 0 Å². The number of primary amides is 1. The second-order valence-corrected chi connectivity index (χ2v) is 5.72. The third-order valence-corrected chi connectivity index (χ3v) is 2.82. The number of hydrazine groups is 1. The number of urea groups is 3. The summed E-state index contributed by atoms with van der Waals surface area (Å²) in [7, 11) is 0. The molecule has 0 rings (SSSR count). The highest BCUT2D eigenvalue weighted by molar-refractivity contribution is 5.79. The fourth-order valence-electron chi connectivity index (χ4n) is 1.68. The molecule has 0 radical (unpaired) electrons. The van der Waals surface area contributed by atoms with Crippen molar-refractivity contribution >= 4 is 24.1 Å². The Bertz CT molecular complexity index is 464. The van der Waals surface area contributed by atoms with Gasteiger partial charge in [-0.1, -0.05) is 13.8 Å². The molecular formula is C13H29N9O3. The van der Waals surface area contributed by atoms with Gasteiger partial charge < -0.3 is 33.2 Å². The molecule has 0 heterocycles. The number of carbonyl (C=O) groups is 3. The lowest BCUT2D eigenvalue weighted by Crippen LogP contribution is -2.53. The van der Waals surface area contributed by atoms with E-state index in [1.807, 2.05) is 19.3 Å². The van der Waals surface area contributed by atoms with Crippen molar-refractivity contribution in [3.8, 4) is 0 Å². The van der Waals surface area contributed by atoms with E-state index in [1.54, 1.807) is 0 Å². The van der Waals surface area contributed by atoms with Gasteiger partial charge in [0.1, 0.15) is 0 Å². The molecule has 0 saturated carbocycles. The Hall–Kier alpha value is -2.92. The molecule has 0 bridgehead atoms. The van der Waals surface area contributed by atoms with Crippen molar-refractivity contribution in [2.24, 2.45) is 28.1 Å². The van der Waals surface area contributed by atoms with E-state index < -0.39 is 12.1 Å². The van der Waals surface area contributed by atoms with Gasteiger partial charge in [-0.3, -0.25) is 4.99 Å². The van der Waals surface area contributed by atoms with Crippen LogP contribution in [0.3, 0.4) is 0 Å². The van der Waals surface area contributed by atoms with Crippen LogP contribution in [0.2, 0.25) is 0 Å². The second kappa shape index (κ2) is 12.5. The van der Waals surface area contributed by atoms with Gasteiger partial charge in [-0.2, -0.15) is 0 Å². The summed E-state index contributed by atoms with van der Waals surface area (Å²) in [5, 5.41) is 8.00.